The Labute approximate surface area is 140 Å². The molecule has 0 bridgehead atoms. The molecule has 1 aliphatic heterocycles. The van der Waals surface area contributed by atoms with Gasteiger partial charge in [-0.15, -0.1) is 0 Å². The number of aliphatic imine (C=N–C) groups is 1. The molecule has 3 atom stereocenters. The smallest absolute Gasteiger partial charge is 0.191 e. The fraction of sp³-hybridized carbons (Fsp3) is 0.938. The van der Waals surface area contributed by atoms with Crippen LogP contribution >= 0.6 is 11.8 Å². The first-order chi connectivity index (χ1) is 10.6. The van der Waals surface area contributed by atoms with Crippen molar-refractivity contribution in [2.24, 2.45) is 4.99 Å². The van der Waals surface area contributed by atoms with Gasteiger partial charge in [-0.2, -0.15) is 11.8 Å². The average Bonchev–Trinajstić information content (AvgIpc) is 2.96. The van der Waals surface area contributed by atoms with Crippen molar-refractivity contribution >= 4 is 17.7 Å². The minimum atomic E-state index is 0.525. The standard InChI is InChI=1S/C16H33N5S/c1-5-17-16(19-13-6-7-15(10-13)22-4)18-11-14-12-20(2)8-9-21(14)3/h13-15H,5-12H2,1-4H3,(H2,17,18,19). The highest BCUT2D eigenvalue weighted by atomic mass is 32.2. The minimum absolute atomic E-state index is 0.525. The van der Waals surface area contributed by atoms with Crippen molar-refractivity contribution < 1.29 is 0 Å². The lowest BCUT2D eigenvalue weighted by Crippen LogP contribution is -2.52. The van der Waals surface area contributed by atoms with E-state index >= 15 is 0 Å². The lowest BCUT2D eigenvalue weighted by Gasteiger charge is -2.37. The quantitative estimate of drug-likeness (QED) is 0.584. The summed E-state index contributed by atoms with van der Waals surface area (Å²) in [6, 6.07) is 1.11. The Bertz CT molecular complexity index is 362. The molecule has 6 heteroatoms. The number of hydrogen-bond donors (Lipinski definition) is 2. The molecule has 0 aromatic heterocycles. The second kappa shape index (κ2) is 8.99. The number of thioether (sulfide) groups is 1. The van der Waals surface area contributed by atoms with E-state index in [1.165, 1.54) is 19.3 Å². The number of nitrogens with zero attached hydrogens (tertiary/aromatic N) is 3. The van der Waals surface area contributed by atoms with Gasteiger partial charge in [0.1, 0.15) is 0 Å². The van der Waals surface area contributed by atoms with Crippen LogP contribution in [0.5, 0.6) is 0 Å². The summed E-state index contributed by atoms with van der Waals surface area (Å²) in [5.74, 6) is 0.996. The largest absolute Gasteiger partial charge is 0.357 e. The molecule has 2 fully saturated rings. The topological polar surface area (TPSA) is 42.9 Å². The Hall–Kier alpha value is -0.460. The van der Waals surface area contributed by atoms with Crippen molar-refractivity contribution in [3.8, 4) is 0 Å². The first kappa shape index (κ1) is 17.9. The number of nitrogens with one attached hydrogen (secondary N) is 2. The van der Waals surface area contributed by atoms with E-state index in [4.69, 9.17) is 4.99 Å². The van der Waals surface area contributed by atoms with Gasteiger partial charge in [-0.05, 0) is 46.5 Å². The number of guanidine groups is 1. The van der Waals surface area contributed by atoms with Crippen LogP contribution in [0.4, 0.5) is 0 Å². The molecule has 2 rings (SSSR count). The molecule has 3 unspecified atom stereocenters. The van der Waals surface area contributed by atoms with Crippen LogP contribution in [0.25, 0.3) is 0 Å². The Kier molecular flexibility index (Phi) is 7.31. The molecule has 1 aliphatic carbocycles. The number of piperazine rings is 1. The zero-order valence-corrected chi connectivity index (χ0v) is 15.5. The van der Waals surface area contributed by atoms with Gasteiger partial charge in [-0.3, -0.25) is 9.89 Å². The van der Waals surface area contributed by atoms with E-state index in [0.717, 1.165) is 43.9 Å². The summed E-state index contributed by atoms with van der Waals surface area (Å²) >= 11 is 2.00. The third kappa shape index (κ3) is 5.32. The van der Waals surface area contributed by atoms with Crippen LogP contribution < -0.4 is 10.6 Å². The van der Waals surface area contributed by atoms with E-state index in [9.17, 15) is 0 Å². The number of hydrogen-bond acceptors (Lipinski definition) is 4. The molecule has 128 valence electrons. The van der Waals surface area contributed by atoms with E-state index in [1.54, 1.807) is 0 Å². The SMILES string of the molecule is CCNC(=NCC1CN(C)CCN1C)NC1CCC(SC)C1. The molecule has 1 saturated carbocycles. The van der Waals surface area contributed by atoms with Gasteiger partial charge in [0.05, 0.1) is 6.54 Å². The Morgan fingerprint density at radius 2 is 2.09 bits per heavy atom. The van der Waals surface area contributed by atoms with Crippen LogP contribution in [0.15, 0.2) is 4.99 Å². The van der Waals surface area contributed by atoms with Crippen LogP contribution in [-0.2, 0) is 0 Å². The molecule has 0 aromatic rings. The number of rotatable bonds is 5. The lowest BCUT2D eigenvalue weighted by atomic mass is 10.2. The van der Waals surface area contributed by atoms with Crippen molar-refractivity contribution in [1.29, 1.82) is 0 Å². The summed E-state index contributed by atoms with van der Waals surface area (Å²) in [4.78, 5) is 9.70. The van der Waals surface area contributed by atoms with Gasteiger partial charge in [-0.1, -0.05) is 0 Å². The first-order valence-electron chi connectivity index (χ1n) is 8.58. The van der Waals surface area contributed by atoms with Crippen LogP contribution in [-0.4, -0.2) is 86.2 Å². The van der Waals surface area contributed by atoms with Gasteiger partial charge >= 0.3 is 0 Å². The van der Waals surface area contributed by atoms with E-state index in [-0.39, 0.29) is 0 Å². The van der Waals surface area contributed by atoms with Crippen molar-refractivity contribution in [1.82, 2.24) is 20.4 Å². The van der Waals surface area contributed by atoms with E-state index in [0.29, 0.717) is 12.1 Å². The minimum Gasteiger partial charge on any atom is -0.357 e. The average molecular weight is 328 g/mol. The van der Waals surface area contributed by atoms with Crippen molar-refractivity contribution in [3.05, 3.63) is 0 Å². The van der Waals surface area contributed by atoms with E-state index in [2.05, 4.69) is 47.7 Å². The molecule has 0 aromatic carbocycles. The van der Waals surface area contributed by atoms with Gasteiger partial charge in [0, 0.05) is 43.5 Å². The van der Waals surface area contributed by atoms with Crippen LogP contribution in [0, 0.1) is 0 Å². The normalized spacial score (nSPS) is 31.5. The summed E-state index contributed by atoms with van der Waals surface area (Å²) in [6.45, 7) is 7.33. The molecule has 5 nitrogen and oxygen atoms in total. The van der Waals surface area contributed by atoms with Crippen LogP contribution in [0.2, 0.25) is 0 Å². The third-order valence-electron chi connectivity index (χ3n) is 4.84. The van der Waals surface area contributed by atoms with Crippen LogP contribution in [0.3, 0.4) is 0 Å². The molecular weight excluding hydrogens is 294 g/mol. The summed E-state index contributed by atoms with van der Waals surface area (Å²) in [6.07, 6.45) is 6.08. The second-order valence-electron chi connectivity index (χ2n) is 6.63. The third-order valence-corrected chi connectivity index (χ3v) is 5.94. The Morgan fingerprint density at radius 1 is 1.27 bits per heavy atom. The molecule has 2 aliphatic rings. The van der Waals surface area contributed by atoms with Crippen molar-refractivity contribution in [2.45, 2.75) is 43.5 Å². The van der Waals surface area contributed by atoms with E-state index in [1.807, 2.05) is 11.8 Å². The van der Waals surface area contributed by atoms with Crippen molar-refractivity contribution in [3.63, 3.8) is 0 Å². The highest BCUT2D eigenvalue weighted by Crippen LogP contribution is 2.28. The molecule has 0 spiro atoms. The fourth-order valence-corrected chi connectivity index (χ4v) is 4.09. The zero-order valence-electron chi connectivity index (χ0n) is 14.6. The molecule has 22 heavy (non-hydrogen) atoms. The Morgan fingerprint density at radius 3 is 2.77 bits per heavy atom. The van der Waals surface area contributed by atoms with Crippen LogP contribution in [0.1, 0.15) is 26.2 Å². The molecule has 1 heterocycles. The summed E-state index contributed by atoms with van der Waals surface area (Å²) < 4.78 is 0. The van der Waals surface area contributed by atoms with Gasteiger partial charge < -0.3 is 15.5 Å². The number of likely N-dealkylation sites (N-methyl/N-ethyl adjacent to an activating group) is 2. The Balaban J connectivity index is 1.86. The highest BCUT2D eigenvalue weighted by molar-refractivity contribution is 7.99. The monoisotopic (exact) mass is 327 g/mol. The van der Waals surface area contributed by atoms with E-state index < -0.39 is 0 Å². The molecule has 2 N–H and O–H groups in total. The molecule has 1 saturated heterocycles. The zero-order chi connectivity index (χ0) is 15.9. The summed E-state index contributed by atoms with van der Waals surface area (Å²) in [5.41, 5.74) is 0. The van der Waals surface area contributed by atoms with Gasteiger partial charge in [0.2, 0.25) is 0 Å². The lowest BCUT2D eigenvalue weighted by molar-refractivity contribution is 0.119. The predicted molar refractivity (Wildman–Crippen MR) is 98.0 cm³/mol. The maximum atomic E-state index is 4.86. The molecule has 0 radical (unpaired) electrons. The molecular formula is C16H33N5S. The highest BCUT2D eigenvalue weighted by Gasteiger charge is 2.25. The maximum Gasteiger partial charge on any atom is 0.191 e. The summed E-state index contributed by atoms with van der Waals surface area (Å²) in [5, 5.41) is 7.87. The predicted octanol–water partition coefficient (Wildman–Crippen LogP) is 1.07. The first-order valence-corrected chi connectivity index (χ1v) is 9.87. The fourth-order valence-electron chi connectivity index (χ4n) is 3.29. The van der Waals surface area contributed by atoms with Gasteiger partial charge in [-0.25, -0.2) is 0 Å². The van der Waals surface area contributed by atoms with Gasteiger partial charge in [0.15, 0.2) is 5.96 Å². The second-order valence-corrected chi connectivity index (χ2v) is 7.77. The van der Waals surface area contributed by atoms with Crippen molar-refractivity contribution in [2.75, 3.05) is 53.1 Å². The van der Waals surface area contributed by atoms with Gasteiger partial charge in [0.25, 0.3) is 0 Å². The maximum absolute atomic E-state index is 4.86. The molecule has 0 amide bonds. The summed E-state index contributed by atoms with van der Waals surface area (Å²) in [7, 11) is 4.42.